The summed E-state index contributed by atoms with van der Waals surface area (Å²) in [6.45, 7) is 0. The van der Waals surface area contributed by atoms with Crippen molar-refractivity contribution < 1.29 is 32.2 Å². The molecule has 0 aliphatic heterocycles. The van der Waals surface area contributed by atoms with Gasteiger partial charge in [0, 0.05) is 0 Å². The zero-order valence-electron chi connectivity index (χ0n) is 8.67. The molecule has 0 radical (unpaired) electrons. The predicted molar refractivity (Wildman–Crippen MR) is 56.8 cm³/mol. The molecule has 0 saturated carbocycles. The highest BCUT2D eigenvalue weighted by molar-refractivity contribution is 9.10. The Bertz CT molecular complexity index is 447. The van der Waals surface area contributed by atoms with Crippen molar-refractivity contribution in [2.45, 2.75) is 18.7 Å². The molecule has 1 aromatic carbocycles. The quantitative estimate of drug-likeness (QED) is 0.861. The van der Waals surface area contributed by atoms with Crippen molar-refractivity contribution in [3.63, 3.8) is 0 Å². The normalized spacial score (nSPS) is 13.2. The van der Waals surface area contributed by atoms with E-state index in [1.54, 1.807) is 0 Å². The van der Waals surface area contributed by atoms with Gasteiger partial charge in [0.2, 0.25) is 6.10 Å². The van der Waals surface area contributed by atoms with Gasteiger partial charge in [0.15, 0.2) is 0 Å². The fourth-order valence-electron chi connectivity index (χ4n) is 1.11. The van der Waals surface area contributed by atoms with E-state index in [1.807, 2.05) is 0 Å². The van der Waals surface area contributed by atoms with Crippen LogP contribution >= 0.6 is 15.9 Å². The van der Waals surface area contributed by atoms with Crippen molar-refractivity contribution in [2.75, 3.05) is 0 Å². The first kappa shape index (κ1) is 14.7. The second-order valence-electron chi connectivity index (χ2n) is 3.32. The van der Waals surface area contributed by atoms with Crippen LogP contribution in [0.25, 0.3) is 0 Å². The average molecular weight is 331 g/mol. The van der Waals surface area contributed by atoms with Gasteiger partial charge in [0.25, 0.3) is 0 Å². The maximum Gasteiger partial charge on any atom is 0.426 e. The number of ether oxygens (including phenoxy) is 1. The Morgan fingerprint density at radius 3 is 2.50 bits per heavy atom. The number of alkyl halides is 3. The Balaban J connectivity index is 2.92. The Kier molecular flexibility index (Phi) is 4.55. The van der Waals surface area contributed by atoms with Crippen LogP contribution in [-0.2, 0) is 4.79 Å². The molecule has 0 fully saturated rings. The summed E-state index contributed by atoms with van der Waals surface area (Å²) in [7, 11) is 0. The van der Waals surface area contributed by atoms with Gasteiger partial charge in [0.05, 0.1) is 10.9 Å². The molecule has 0 bridgehead atoms. The smallest absolute Gasteiger partial charge is 0.426 e. The summed E-state index contributed by atoms with van der Waals surface area (Å²) in [6, 6.07) is 2.82. The van der Waals surface area contributed by atoms with Crippen LogP contribution in [0.1, 0.15) is 6.42 Å². The second-order valence-corrected chi connectivity index (χ2v) is 4.18. The fourth-order valence-corrected chi connectivity index (χ4v) is 1.55. The lowest BCUT2D eigenvalue weighted by molar-refractivity contribution is -0.200. The van der Waals surface area contributed by atoms with Crippen molar-refractivity contribution in [2.24, 2.45) is 0 Å². The van der Waals surface area contributed by atoms with E-state index in [1.165, 1.54) is 0 Å². The molecule has 1 atom stereocenters. The third-order valence-electron chi connectivity index (χ3n) is 1.89. The van der Waals surface area contributed by atoms with Gasteiger partial charge in [-0.3, -0.25) is 4.79 Å². The summed E-state index contributed by atoms with van der Waals surface area (Å²) < 4.78 is 54.8. The molecule has 18 heavy (non-hydrogen) atoms. The van der Waals surface area contributed by atoms with Crippen LogP contribution in [0.5, 0.6) is 5.75 Å². The molecular weight excluding hydrogens is 324 g/mol. The highest BCUT2D eigenvalue weighted by atomic mass is 79.9. The zero-order valence-corrected chi connectivity index (χ0v) is 10.3. The third kappa shape index (κ3) is 4.17. The maximum atomic E-state index is 12.7. The molecule has 0 spiro atoms. The summed E-state index contributed by atoms with van der Waals surface area (Å²) in [4.78, 5) is 10.3. The van der Waals surface area contributed by atoms with Gasteiger partial charge in [-0.25, -0.2) is 4.39 Å². The summed E-state index contributed by atoms with van der Waals surface area (Å²) in [5, 5.41) is 8.39. The Hall–Kier alpha value is -1.31. The maximum absolute atomic E-state index is 12.7. The highest BCUT2D eigenvalue weighted by Gasteiger charge is 2.43. The summed E-state index contributed by atoms with van der Waals surface area (Å²) in [6.07, 6.45) is -8.55. The van der Waals surface area contributed by atoms with Crippen LogP contribution in [0.2, 0.25) is 0 Å². The van der Waals surface area contributed by atoms with Gasteiger partial charge in [-0.15, -0.1) is 0 Å². The number of carboxylic acids is 1. The van der Waals surface area contributed by atoms with Crippen LogP contribution in [0, 0.1) is 5.82 Å². The van der Waals surface area contributed by atoms with E-state index >= 15 is 0 Å². The molecule has 0 saturated heterocycles. The van der Waals surface area contributed by atoms with Crippen molar-refractivity contribution in [3.8, 4) is 5.75 Å². The minimum Gasteiger partial charge on any atom is -0.481 e. The number of rotatable bonds is 4. The van der Waals surface area contributed by atoms with Gasteiger partial charge in [-0.2, -0.15) is 13.2 Å². The van der Waals surface area contributed by atoms with Gasteiger partial charge < -0.3 is 9.84 Å². The SMILES string of the molecule is O=C(O)CC(Oc1ccc(F)cc1Br)C(F)(F)F. The van der Waals surface area contributed by atoms with Crippen LogP contribution in [0.3, 0.4) is 0 Å². The van der Waals surface area contributed by atoms with Gasteiger partial charge in [-0.05, 0) is 34.1 Å². The van der Waals surface area contributed by atoms with Crippen molar-refractivity contribution >= 4 is 21.9 Å². The predicted octanol–water partition coefficient (Wildman–Crippen LogP) is 3.37. The molecule has 0 heterocycles. The molecule has 1 rings (SSSR count). The van der Waals surface area contributed by atoms with Crippen LogP contribution in [0.4, 0.5) is 17.6 Å². The van der Waals surface area contributed by atoms with E-state index in [9.17, 15) is 22.4 Å². The van der Waals surface area contributed by atoms with Crippen LogP contribution in [0.15, 0.2) is 22.7 Å². The molecule has 1 unspecified atom stereocenters. The molecule has 0 aromatic heterocycles. The lowest BCUT2D eigenvalue weighted by Crippen LogP contribution is -2.36. The number of hydrogen-bond acceptors (Lipinski definition) is 2. The van der Waals surface area contributed by atoms with E-state index in [0.29, 0.717) is 0 Å². The lowest BCUT2D eigenvalue weighted by Gasteiger charge is -2.20. The fraction of sp³-hybridized carbons (Fsp3) is 0.300. The number of aliphatic carboxylic acids is 1. The molecule has 100 valence electrons. The van der Waals surface area contributed by atoms with Crippen molar-refractivity contribution in [1.82, 2.24) is 0 Å². The minimum absolute atomic E-state index is 0.0258. The van der Waals surface area contributed by atoms with Crippen molar-refractivity contribution in [1.29, 1.82) is 0 Å². The van der Waals surface area contributed by atoms with Crippen molar-refractivity contribution in [3.05, 3.63) is 28.5 Å². The van der Waals surface area contributed by atoms with E-state index < -0.39 is 30.5 Å². The van der Waals surface area contributed by atoms with Gasteiger partial charge in [0.1, 0.15) is 11.6 Å². The van der Waals surface area contributed by atoms with E-state index in [2.05, 4.69) is 20.7 Å². The van der Waals surface area contributed by atoms with Gasteiger partial charge >= 0.3 is 12.1 Å². The monoisotopic (exact) mass is 330 g/mol. The number of benzene rings is 1. The molecule has 3 nitrogen and oxygen atoms in total. The standard InChI is InChI=1S/C10H7BrF4O3/c11-6-3-5(12)1-2-7(6)18-8(4-9(16)17)10(13,14)15/h1-3,8H,4H2,(H,16,17). The molecule has 1 N–H and O–H groups in total. The first-order chi connectivity index (χ1) is 8.20. The molecule has 0 aliphatic carbocycles. The number of carboxylic acid groups (broad SMARTS) is 1. The topological polar surface area (TPSA) is 46.5 Å². The largest absolute Gasteiger partial charge is 0.481 e. The highest BCUT2D eigenvalue weighted by Crippen LogP contribution is 2.32. The second kappa shape index (κ2) is 5.55. The summed E-state index contributed by atoms with van der Waals surface area (Å²) in [5.41, 5.74) is 0. The number of hydrogen-bond donors (Lipinski definition) is 1. The first-order valence-electron chi connectivity index (χ1n) is 4.60. The molecule has 0 amide bonds. The van der Waals surface area contributed by atoms with Crippen LogP contribution < -0.4 is 4.74 Å². The molecule has 8 heteroatoms. The van der Waals surface area contributed by atoms with E-state index in [4.69, 9.17) is 5.11 Å². The van der Waals surface area contributed by atoms with E-state index in [-0.39, 0.29) is 10.2 Å². The van der Waals surface area contributed by atoms with E-state index in [0.717, 1.165) is 18.2 Å². The Morgan fingerprint density at radius 1 is 1.44 bits per heavy atom. The van der Waals surface area contributed by atoms with Gasteiger partial charge in [-0.1, -0.05) is 0 Å². The molecule has 0 aliphatic rings. The number of carbonyl (C=O) groups is 1. The molecule has 1 aromatic rings. The molecular formula is C10H7BrF4O3. The lowest BCUT2D eigenvalue weighted by atomic mass is 10.2. The average Bonchev–Trinajstić information content (AvgIpc) is 2.18. The summed E-state index contributed by atoms with van der Waals surface area (Å²) in [5.74, 6) is -2.58. The third-order valence-corrected chi connectivity index (χ3v) is 2.51. The Morgan fingerprint density at radius 2 is 2.06 bits per heavy atom. The summed E-state index contributed by atoms with van der Waals surface area (Å²) >= 11 is 2.83. The Labute approximate surface area is 107 Å². The number of halogens is 5. The zero-order chi connectivity index (χ0) is 13.9. The van der Waals surface area contributed by atoms with Crippen LogP contribution in [-0.4, -0.2) is 23.4 Å². The first-order valence-corrected chi connectivity index (χ1v) is 5.39. The minimum atomic E-state index is -4.83.